The Morgan fingerprint density at radius 2 is 1.64 bits per heavy atom. The van der Waals surface area contributed by atoms with Crippen LogP contribution in [0.3, 0.4) is 0 Å². The van der Waals surface area contributed by atoms with E-state index in [1.54, 1.807) is 0 Å². The summed E-state index contributed by atoms with van der Waals surface area (Å²) in [5, 5.41) is 2.28. The molecule has 5 heteroatoms. The van der Waals surface area contributed by atoms with Crippen LogP contribution >= 0.6 is 0 Å². The Morgan fingerprint density at radius 1 is 1.21 bits per heavy atom. The molecule has 82 valence electrons. The summed E-state index contributed by atoms with van der Waals surface area (Å²) < 4.78 is 30.8. The molecule has 1 fully saturated rings. The smallest absolute Gasteiger partial charge is 0.0975 e. The standard InChI is InChI=1S/C5H10O3S.2C2H5.Al/c6-9(7,8)5-3-1-2-4-5;2*1-2;/h5H,1-4H2,(H,6,7,8);2*1H2,2H3;/q;;;+1/p-1. The van der Waals surface area contributed by atoms with E-state index in [0.717, 1.165) is 28.1 Å². The van der Waals surface area contributed by atoms with Gasteiger partial charge < -0.3 is 4.55 Å². The summed E-state index contributed by atoms with van der Waals surface area (Å²) >= 11 is 0.815. The summed E-state index contributed by atoms with van der Waals surface area (Å²) in [5.74, 6) is 0. The maximum absolute atomic E-state index is 10.3. The zero-order valence-electron chi connectivity index (χ0n) is 9.03. The summed E-state index contributed by atoms with van der Waals surface area (Å²) in [7, 11) is -3.95. The molecule has 0 aromatic heterocycles. The zero-order chi connectivity index (χ0) is 11.0. The second kappa shape index (κ2) is 7.70. The largest absolute Gasteiger partial charge is 0.748 e. The first kappa shape index (κ1) is 14.4. The van der Waals surface area contributed by atoms with Crippen molar-refractivity contribution in [3.05, 3.63) is 0 Å². The summed E-state index contributed by atoms with van der Waals surface area (Å²) in [6, 6.07) is 0. The molecule has 0 saturated heterocycles. The van der Waals surface area contributed by atoms with Gasteiger partial charge in [-0.25, -0.2) is 8.42 Å². The van der Waals surface area contributed by atoms with Crippen LogP contribution in [-0.4, -0.2) is 33.4 Å². The van der Waals surface area contributed by atoms with Crippen molar-refractivity contribution >= 4 is 25.3 Å². The van der Waals surface area contributed by atoms with E-state index in [-0.39, 0.29) is 0 Å². The van der Waals surface area contributed by atoms with E-state index in [1.165, 1.54) is 10.6 Å². The number of hydrogen-bond acceptors (Lipinski definition) is 3. The van der Waals surface area contributed by atoms with Crippen molar-refractivity contribution in [2.75, 3.05) is 0 Å². The molecule has 0 bridgehead atoms. The molecular formula is C9H19AlO3S. The first-order valence-electron chi connectivity index (χ1n) is 5.28. The van der Waals surface area contributed by atoms with E-state index in [0.29, 0.717) is 12.8 Å². The van der Waals surface area contributed by atoms with E-state index in [2.05, 4.69) is 13.8 Å². The summed E-state index contributed by atoms with van der Waals surface area (Å²) in [5.41, 5.74) is 0. The van der Waals surface area contributed by atoms with Crippen LogP contribution in [0.15, 0.2) is 0 Å². The minimum atomic E-state index is -3.95. The Balaban J connectivity index is 0.000000292. The molecule has 0 spiro atoms. The third kappa shape index (κ3) is 6.83. The van der Waals surface area contributed by atoms with Crippen LogP contribution < -0.4 is 0 Å². The van der Waals surface area contributed by atoms with Gasteiger partial charge in [0, 0.05) is 5.25 Å². The first-order valence-corrected chi connectivity index (χ1v) is 8.39. The predicted octanol–water partition coefficient (Wildman–Crippen LogP) is 2.04. The van der Waals surface area contributed by atoms with E-state index < -0.39 is 15.4 Å². The maximum Gasteiger partial charge on any atom is 0.0975 e. The van der Waals surface area contributed by atoms with Crippen LogP contribution in [0.1, 0.15) is 39.5 Å². The SMILES string of the molecule is C[CH2][Al+][CH2]C.O=S(=O)([O-])C1CCCC1. The minimum absolute atomic E-state index is 0.572. The Bertz CT molecular complexity index is 218. The summed E-state index contributed by atoms with van der Waals surface area (Å²) in [4.78, 5) is 0. The van der Waals surface area contributed by atoms with Gasteiger partial charge in [0.05, 0.1) is 10.1 Å². The second-order valence-electron chi connectivity index (χ2n) is 3.50. The van der Waals surface area contributed by atoms with Crippen molar-refractivity contribution in [3.63, 3.8) is 0 Å². The van der Waals surface area contributed by atoms with Crippen molar-refractivity contribution in [2.45, 2.75) is 55.3 Å². The topological polar surface area (TPSA) is 57.2 Å². The van der Waals surface area contributed by atoms with Crippen molar-refractivity contribution in [2.24, 2.45) is 0 Å². The summed E-state index contributed by atoms with van der Waals surface area (Å²) in [6.07, 6.45) is 2.94. The molecule has 1 saturated carbocycles. The third-order valence-electron chi connectivity index (χ3n) is 2.29. The van der Waals surface area contributed by atoms with Gasteiger partial charge in [-0.15, -0.1) is 0 Å². The molecule has 1 aliphatic rings. The van der Waals surface area contributed by atoms with Gasteiger partial charge in [-0.3, -0.25) is 0 Å². The Labute approximate surface area is 93.7 Å². The Hall–Kier alpha value is 0.442. The predicted molar refractivity (Wildman–Crippen MR) is 58.7 cm³/mol. The average Bonchev–Trinajstić information content (AvgIpc) is 2.57. The molecule has 14 heavy (non-hydrogen) atoms. The Kier molecular flexibility index (Phi) is 7.94. The quantitative estimate of drug-likeness (QED) is 0.554. The molecule has 0 N–H and O–H groups in total. The maximum atomic E-state index is 10.3. The number of hydrogen-bond donors (Lipinski definition) is 0. The summed E-state index contributed by atoms with van der Waals surface area (Å²) in [6.45, 7) is 4.50. The van der Waals surface area contributed by atoms with Crippen LogP contribution in [0.5, 0.6) is 0 Å². The molecular weight excluding hydrogens is 215 g/mol. The van der Waals surface area contributed by atoms with Crippen molar-refractivity contribution < 1.29 is 13.0 Å². The Morgan fingerprint density at radius 3 is 1.79 bits per heavy atom. The fraction of sp³-hybridized carbons (Fsp3) is 1.00. The van der Waals surface area contributed by atoms with Crippen molar-refractivity contribution in [3.8, 4) is 0 Å². The van der Waals surface area contributed by atoms with Crippen molar-refractivity contribution in [1.29, 1.82) is 0 Å². The van der Waals surface area contributed by atoms with Crippen LogP contribution in [0, 0.1) is 0 Å². The normalized spacial score (nSPS) is 17.1. The molecule has 0 aromatic rings. The molecule has 1 aliphatic carbocycles. The second-order valence-corrected chi connectivity index (χ2v) is 7.37. The van der Waals surface area contributed by atoms with E-state index in [9.17, 15) is 13.0 Å². The molecule has 0 radical (unpaired) electrons. The molecule has 0 amide bonds. The molecule has 0 atom stereocenters. The molecule has 0 aromatic carbocycles. The first-order chi connectivity index (χ1) is 6.52. The van der Waals surface area contributed by atoms with Gasteiger partial charge >= 0.3 is 39.6 Å². The molecule has 0 unspecified atom stereocenters. The van der Waals surface area contributed by atoms with Crippen LogP contribution in [0.4, 0.5) is 0 Å². The fourth-order valence-corrected chi connectivity index (χ4v) is 2.95. The zero-order valence-corrected chi connectivity index (χ0v) is 11.0. The van der Waals surface area contributed by atoms with Gasteiger partial charge in [0.25, 0.3) is 0 Å². The fourth-order valence-electron chi connectivity index (χ4n) is 1.47. The van der Waals surface area contributed by atoms with Gasteiger partial charge in [0.2, 0.25) is 0 Å². The van der Waals surface area contributed by atoms with Gasteiger partial charge in [-0.2, -0.15) is 0 Å². The minimum Gasteiger partial charge on any atom is -0.748 e. The van der Waals surface area contributed by atoms with Gasteiger partial charge in [-0.1, -0.05) is 12.8 Å². The van der Waals surface area contributed by atoms with Gasteiger partial charge in [-0.05, 0) is 12.8 Å². The van der Waals surface area contributed by atoms with Gasteiger partial charge in [0.15, 0.2) is 0 Å². The molecule has 0 heterocycles. The molecule has 3 nitrogen and oxygen atoms in total. The molecule has 0 aliphatic heterocycles. The third-order valence-corrected chi connectivity index (χ3v) is 4.73. The number of rotatable bonds is 3. The van der Waals surface area contributed by atoms with Crippen LogP contribution in [-0.2, 0) is 10.1 Å². The monoisotopic (exact) mass is 234 g/mol. The molecule has 1 rings (SSSR count). The van der Waals surface area contributed by atoms with Crippen molar-refractivity contribution in [1.82, 2.24) is 0 Å². The van der Waals surface area contributed by atoms with Crippen LogP contribution in [0.2, 0.25) is 10.6 Å². The van der Waals surface area contributed by atoms with E-state index >= 15 is 0 Å². The van der Waals surface area contributed by atoms with E-state index in [1.807, 2.05) is 0 Å². The average molecular weight is 234 g/mol. The van der Waals surface area contributed by atoms with Gasteiger partial charge in [0.1, 0.15) is 0 Å². The van der Waals surface area contributed by atoms with Crippen LogP contribution in [0.25, 0.3) is 0 Å². The van der Waals surface area contributed by atoms with E-state index in [4.69, 9.17) is 0 Å².